The van der Waals surface area contributed by atoms with Crippen LogP contribution in [0.2, 0.25) is 0 Å². The molecule has 0 radical (unpaired) electrons. The third kappa shape index (κ3) is 6.43. The van der Waals surface area contributed by atoms with E-state index in [-0.39, 0.29) is 24.4 Å². The van der Waals surface area contributed by atoms with Gasteiger partial charge in [0.25, 0.3) is 5.91 Å². The number of hydrogen-bond acceptors (Lipinski definition) is 5. The van der Waals surface area contributed by atoms with Crippen molar-refractivity contribution >= 4 is 11.8 Å². The fourth-order valence-electron chi connectivity index (χ4n) is 4.40. The van der Waals surface area contributed by atoms with Crippen LogP contribution in [0.3, 0.4) is 0 Å². The summed E-state index contributed by atoms with van der Waals surface area (Å²) in [6, 6.07) is 5.59. The van der Waals surface area contributed by atoms with Crippen LogP contribution in [0.25, 0.3) is 0 Å². The van der Waals surface area contributed by atoms with Gasteiger partial charge in [0, 0.05) is 44.3 Å². The van der Waals surface area contributed by atoms with Crippen LogP contribution in [0, 0.1) is 0 Å². The Morgan fingerprint density at radius 2 is 1.84 bits per heavy atom. The number of piperidine rings is 1. The predicted octanol–water partition coefficient (Wildman–Crippen LogP) is 2.18. The lowest BCUT2D eigenvalue weighted by Gasteiger charge is -2.42. The molecule has 172 valence electrons. The number of benzene rings is 1. The van der Waals surface area contributed by atoms with Gasteiger partial charge >= 0.3 is 0 Å². The van der Waals surface area contributed by atoms with Crippen LogP contribution in [0.15, 0.2) is 24.2 Å². The summed E-state index contributed by atoms with van der Waals surface area (Å²) in [6.07, 6.45) is 4.15. The van der Waals surface area contributed by atoms with Crippen molar-refractivity contribution in [3.05, 3.63) is 29.8 Å². The van der Waals surface area contributed by atoms with Crippen molar-refractivity contribution in [2.45, 2.75) is 38.6 Å². The summed E-state index contributed by atoms with van der Waals surface area (Å²) in [5, 5.41) is 0. The van der Waals surface area contributed by atoms with Gasteiger partial charge in [0.05, 0.1) is 8.48 Å². The highest BCUT2D eigenvalue weighted by Gasteiger charge is 2.29. The number of carbonyl (C=O) groups is 2. The maximum Gasteiger partial charge on any atom is 0.254 e. The number of methoxy groups -OCH3 is 1. The molecule has 2 amide bonds. The van der Waals surface area contributed by atoms with Gasteiger partial charge in [-0.25, -0.2) is 0 Å². The summed E-state index contributed by atoms with van der Waals surface area (Å²) in [5.41, 5.74) is 0.307. The Morgan fingerprint density at radius 1 is 1.13 bits per heavy atom. The molecule has 2 aliphatic rings. The summed E-state index contributed by atoms with van der Waals surface area (Å²) >= 11 is 0. The Kier molecular flexibility index (Phi) is 8.18. The van der Waals surface area contributed by atoms with Gasteiger partial charge in [0.1, 0.15) is 12.3 Å². The molecule has 0 aromatic heterocycles. The number of piperazine rings is 1. The summed E-state index contributed by atoms with van der Waals surface area (Å²) < 4.78 is 13.3. The number of amides is 2. The zero-order valence-corrected chi connectivity index (χ0v) is 19.3. The Balaban J connectivity index is 1.58. The van der Waals surface area contributed by atoms with Gasteiger partial charge in [-0.05, 0) is 63.6 Å². The van der Waals surface area contributed by atoms with E-state index in [2.05, 4.69) is 23.8 Å². The molecule has 1 aromatic carbocycles. The van der Waals surface area contributed by atoms with E-state index >= 15 is 0 Å². The van der Waals surface area contributed by atoms with Crippen molar-refractivity contribution in [2.24, 2.45) is 0 Å². The zero-order chi connectivity index (χ0) is 23.1. The van der Waals surface area contributed by atoms with Crippen LogP contribution in [0.5, 0.6) is 5.75 Å². The first-order valence-corrected chi connectivity index (χ1v) is 11.6. The molecule has 2 heterocycles. The van der Waals surface area contributed by atoms with Gasteiger partial charge in [-0.1, -0.05) is 13.3 Å². The standard InChI is InChI=1S/C24H38N4O3/c1-4-5-12-28(24(30)20-6-8-22(31-3)9-7-20)19-23(29)27-17-15-26(16-18-27)21-10-13-25(2)14-11-21/h6-9,21H,4-5,10-19H2,1-3H3/i6D. The van der Waals surface area contributed by atoms with E-state index < -0.39 is 0 Å². The highest BCUT2D eigenvalue weighted by Crippen LogP contribution is 2.18. The maximum atomic E-state index is 13.2. The SMILES string of the molecule is [2H]c1cc(OC)ccc1C(=O)N(CCCC)CC(=O)N1CCN(C2CCN(C)CC2)CC1. The molecule has 7 heteroatoms. The first-order chi connectivity index (χ1) is 15.4. The van der Waals surface area contributed by atoms with Crippen molar-refractivity contribution in [1.82, 2.24) is 19.6 Å². The lowest BCUT2D eigenvalue weighted by molar-refractivity contribution is -0.134. The van der Waals surface area contributed by atoms with Gasteiger partial charge in [-0.3, -0.25) is 14.5 Å². The van der Waals surface area contributed by atoms with E-state index in [9.17, 15) is 9.59 Å². The van der Waals surface area contributed by atoms with Crippen molar-refractivity contribution in [2.75, 3.05) is 66.5 Å². The molecule has 0 saturated carbocycles. The van der Waals surface area contributed by atoms with Crippen LogP contribution in [-0.4, -0.2) is 104 Å². The minimum atomic E-state index is -0.260. The summed E-state index contributed by atoms with van der Waals surface area (Å²) in [7, 11) is 3.71. The number of ether oxygens (including phenoxy) is 1. The van der Waals surface area contributed by atoms with E-state index in [1.165, 1.54) is 26.0 Å². The minimum absolute atomic E-state index is 0.00229. The van der Waals surface area contributed by atoms with Crippen molar-refractivity contribution in [1.29, 1.82) is 0 Å². The first-order valence-electron chi connectivity index (χ1n) is 12.1. The molecule has 0 N–H and O–H groups in total. The molecular weight excluding hydrogens is 392 g/mol. The van der Waals surface area contributed by atoms with E-state index in [0.29, 0.717) is 37.0 Å². The van der Waals surface area contributed by atoms with E-state index in [1.807, 2.05) is 4.90 Å². The molecule has 7 nitrogen and oxygen atoms in total. The molecule has 2 saturated heterocycles. The highest BCUT2D eigenvalue weighted by atomic mass is 16.5. The van der Waals surface area contributed by atoms with E-state index in [0.717, 1.165) is 39.0 Å². The van der Waals surface area contributed by atoms with E-state index in [4.69, 9.17) is 6.11 Å². The second-order valence-corrected chi connectivity index (χ2v) is 8.67. The normalized spacial score (nSPS) is 19.2. The Bertz CT molecular complexity index is 775. The number of rotatable bonds is 8. The Hall–Kier alpha value is -2.12. The van der Waals surface area contributed by atoms with Gasteiger partial charge in [-0.15, -0.1) is 0 Å². The van der Waals surface area contributed by atoms with Crippen molar-refractivity contribution in [3.8, 4) is 5.75 Å². The highest BCUT2D eigenvalue weighted by molar-refractivity contribution is 5.96. The number of likely N-dealkylation sites (tertiary alicyclic amines) is 1. The molecule has 3 rings (SSSR count). The fourth-order valence-corrected chi connectivity index (χ4v) is 4.40. The monoisotopic (exact) mass is 431 g/mol. The van der Waals surface area contributed by atoms with Crippen LogP contribution in [-0.2, 0) is 4.79 Å². The quantitative estimate of drug-likeness (QED) is 0.632. The van der Waals surface area contributed by atoms with Gasteiger partial charge in [0.15, 0.2) is 0 Å². The van der Waals surface area contributed by atoms with Crippen LogP contribution < -0.4 is 4.74 Å². The maximum absolute atomic E-state index is 13.2. The van der Waals surface area contributed by atoms with Crippen LogP contribution >= 0.6 is 0 Å². The molecule has 2 aliphatic heterocycles. The van der Waals surface area contributed by atoms with Crippen molar-refractivity contribution in [3.63, 3.8) is 0 Å². The lowest BCUT2D eigenvalue weighted by Crippen LogP contribution is -2.55. The molecule has 0 spiro atoms. The van der Waals surface area contributed by atoms with Crippen LogP contribution in [0.1, 0.15) is 44.3 Å². The lowest BCUT2D eigenvalue weighted by atomic mass is 10.0. The van der Waals surface area contributed by atoms with Gasteiger partial charge in [0.2, 0.25) is 5.91 Å². The number of hydrogen-bond donors (Lipinski definition) is 0. The molecule has 1 aromatic rings. The topological polar surface area (TPSA) is 56.3 Å². The number of unbranched alkanes of at least 4 members (excludes halogenated alkanes) is 1. The average Bonchev–Trinajstić information content (AvgIpc) is 2.81. The largest absolute Gasteiger partial charge is 0.497 e. The zero-order valence-electron chi connectivity index (χ0n) is 20.3. The molecule has 2 fully saturated rings. The molecule has 0 aliphatic carbocycles. The van der Waals surface area contributed by atoms with E-state index in [1.54, 1.807) is 17.0 Å². The first kappa shape index (κ1) is 22.1. The van der Waals surface area contributed by atoms with Crippen molar-refractivity contribution < 1.29 is 15.7 Å². The summed E-state index contributed by atoms with van der Waals surface area (Å²) in [5.74, 6) is 0.284. The summed E-state index contributed by atoms with van der Waals surface area (Å²) in [4.78, 5) is 34.6. The third-order valence-corrected chi connectivity index (χ3v) is 6.52. The molecule has 0 bridgehead atoms. The minimum Gasteiger partial charge on any atom is -0.497 e. The Labute approximate surface area is 188 Å². The molecular formula is C24H38N4O3. The predicted molar refractivity (Wildman–Crippen MR) is 122 cm³/mol. The molecule has 0 unspecified atom stereocenters. The number of nitrogens with zero attached hydrogens (tertiary/aromatic N) is 4. The Morgan fingerprint density at radius 3 is 2.45 bits per heavy atom. The second-order valence-electron chi connectivity index (χ2n) is 8.67. The third-order valence-electron chi connectivity index (χ3n) is 6.52. The van der Waals surface area contributed by atoms with Crippen LogP contribution in [0.4, 0.5) is 0 Å². The van der Waals surface area contributed by atoms with Gasteiger partial charge < -0.3 is 19.4 Å². The molecule has 31 heavy (non-hydrogen) atoms. The fraction of sp³-hybridized carbons (Fsp3) is 0.667. The number of carbonyl (C=O) groups excluding carboxylic acids is 2. The van der Waals surface area contributed by atoms with Gasteiger partial charge in [-0.2, -0.15) is 0 Å². The summed E-state index contributed by atoms with van der Waals surface area (Å²) in [6.45, 7) is 8.16. The molecule has 0 atom stereocenters. The average molecular weight is 432 g/mol. The second kappa shape index (κ2) is 11.5. The smallest absolute Gasteiger partial charge is 0.254 e.